The maximum Gasteiger partial charge on any atom is 0.272 e. The number of carbonyl (C=O) groups is 1. The number of carbonyl (C=O) groups excluding carboxylic acids is 1. The second-order valence-electron chi connectivity index (χ2n) is 6.32. The Morgan fingerprint density at radius 1 is 1.22 bits per heavy atom. The molecule has 0 radical (unpaired) electrons. The van der Waals surface area contributed by atoms with Crippen LogP contribution in [-0.2, 0) is 0 Å². The van der Waals surface area contributed by atoms with E-state index in [0.29, 0.717) is 24.5 Å². The van der Waals surface area contributed by atoms with Gasteiger partial charge in [-0.3, -0.25) is 9.78 Å². The topological polar surface area (TPSA) is 68.5 Å². The van der Waals surface area contributed by atoms with Crippen molar-refractivity contribution in [3.05, 3.63) is 54.4 Å². The van der Waals surface area contributed by atoms with Crippen molar-refractivity contribution in [3.8, 4) is 11.5 Å². The fourth-order valence-electron chi connectivity index (χ4n) is 2.19. The fourth-order valence-corrected chi connectivity index (χ4v) is 2.19. The maximum absolute atomic E-state index is 12.5. The lowest BCUT2D eigenvalue weighted by molar-refractivity contribution is 0.0734. The fraction of sp³-hybridized carbons (Fsp3) is 0.333. The second-order valence-corrected chi connectivity index (χ2v) is 6.32. The van der Waals surface area contributed by atoms with Gasteiger partial charge in [-0.25, -0.2) is 0 Å². The summed E-state index contributed by atoms with van der Waals surface area (Å²) >= 11 is 0. The van der Waals surface area contributed by atoms with E-state index in [0.717, 1.165) is 5.75 Å². The van der Waals surface area contributed by atoms with E-state index in [9.17, 15) is 4.79 Å². The molecule has 2 N–H and O–H groups in total. The number of hydrogen-bond donors (Lipinski definition) is 1. The number of nitrogens with two attached hydrogens (primary N) is 1. The van der Waals surface area contributed by atoms with Gasteiger partial charge in [-0.2, -0.15) is 0 Å². The van der Waals surface area contributed by atoms with Crippen LogP contribution >= 0.6 is 0 Å². The quantitative estimate of drug-likeness (QED) is 0.890. The van der Waals surface area contributed by atoms with Crippen molar-refractivity contribution in [2.75, 3.05) is 20.1 Å². The van der Waals surface area contributed by atoms with Gasteiger partial charge in [0.25, 0.3) is 5.91 Å². The number of hydrogen-bond acceptors (Lipinski definition) is 4. The molecule has 2 rings (SSSR count). The lowest BCUT2D eigenvalue weighted by atomic mass is 9.93. The van der Waals surface area contributed by atoms with Crippen LogP contribution in [0.1, 0.15) is 24.3 Å². The molecule has 1 amide bonds. The van der Waals surface area contributed by atoms with Gasteiger partial charge in [0, 0.05) is 25.9 Å². The molecule has 0 saturated heterocycles. The second kappa shape index (κ2) is 7.24. The zero-order chi connectivity index (χ0) is 16.9. The minimum absolute atomic E-state index is 0.136. The van der Waals surface area contributed by atoms with Crippen LogP contribution in [0.15, 0.2) is 48.7 Å². The average Bonchev–Trinajstić information content (AvgIpc) is 2.55. The number of ether oxygens (including phenoxy) is 1. The Bertz CT molecular complexity index is 656. The number of pyridine rings is 1. The van der Waals surface area contributed by atoms with E-state index in [4.69, 9.17) is 10.5 Å². The SMILES string of the molecule is CN(CC(C)(C)CN)C(=O)c1cc(Oc2ccccc2)ccn1. The molecule has 0 aliphatic rings. The highest BCUT2D eigenvalue weighted by atomic mass is 16.5. The average molecular weight is 313 g/mol. The third-order valence-electron chi connectivity index (χ3n) is 3.49. The summed E-state index contributed by atoms with van der Waals surface area (Å²) in [6.45, 7) is 5.13. The highest BCUT2D eigenvalue weighted by Gasteiger charge is 2.22. The molecule has 5 heteroatoms. The van der Waals surface area contributed by atoms with Gasteiger partial charge >= 0.3 is 0 Å². The zero-order valence-electron chi connectivity index (χ0n) is 13.8. The Hall–Kier alpha value is -2.40. The van der Waals surface area contributed by atoms with Crippen LogP contribution in [0, 0.1) is 5.41 Å². The Morgan fingerprint density at radius 3 is 2.57 bits per heavy atom. The molecular formula is C18H23N3O2. The molecule has 0 unspecified atom stereocenters. The lowest BCUT2D eigenvalue weighted by Crippen LogP contribution is -2.40. The first kappa shape index (κ1) is 17.0. The zero-order valence-corrected chi connectivity index (χ0v) is 13.8. The summed E-state index contributed by atoms with van der Waals surface area (Å²) < 4.78 is 5.74. The summed E-state index contributed by atoms with van der Waals surface area (Å²) in [6.07, 6.45) is 1.58. The molecule has 2 aromatic rings. The molecule has 5 nitrogen and oxygen atoms in total. The molecule has 122 valence electrons. The Morgan fingerprint density at radius 2 is 1.91 bits per heavy atom. The van der Waals surface area contributed by atoms with Crippen LogP contribution in [0.2, 0.25) is 0 Å². The normalized spacial score (nSPS) is 11.1. The molecule has 0 atom stereocenters. The van der Waals surface area contributed by atoms with E-state index in [1.807, 2.05) is 44.2 Å². The van der Waals surface area contributed by atoms with Gasteiger partial charge in [0.2, 0.25) is 0 Å². The van der Waals surface area contributed by atoms with E-state index in [-0.39, 0.29) is 11.3 Å². The van der Waals surface area contributed by atoms with Crippen molar-refractivity contribution in [2.45, 2.75) is 13.8 Å². The third-order valence-corrected chi connectivity index (χ3v) is 3.49. The number of nitrogens with zero attached hydrogens (tertiary/aromatic N) is 2. The summed E-state index contributed by atoms with van der Waals surface area (Å²) in [5.74, 6) is 1.15. The predicted molar refractivity (Wildman–Crippen MR) is 90.5 cm³/mol. The molecule has 1 heterocycles. The van der Waals surface area contributed by atoms with E-state index in [2.05, 4.69) is 4.98 Å². The molecule has 1 aromatic heterocycles. The molecule has 23 heavy (non-hydrogen) atoms. The summed E-state index contributed by atoms with van der Waals surface area (Å²) in [7, 11) is 1.76. The summed E-state index contributed by atoms with van der Waals surface area (Å²) in [4.78, 5) is 18.3. The van der Waals surface area contributed by atoms with Gasteiger partial charge in [0.1, 0.15) is 17.2 Å². The van der Waals surface area contributed by atoms with Crippen molar-refractivity contribution < 1.29 is 9.53 Å². The first-order valence-corrected chi connectivity index (χ1v) is 7.56. The van der Waals surface area contributed by atoms with Crippen LogP contribution in [0.4, 0.5) is 0 Å². The molecule has 0 saturated carbocycles. The summed E-state index contributed by atoms with van der Waals surface area (Å²) in [5, 5.41) is 0. The van der Waals surface area contributed by atoms with Crippen LogP contribution in [-0.4, -0.2) is 35.9 Å². The van der Waals surface area contributed by atoms with Crippen LogP contribution < -0.4 is 10.5 Å². The number of aromatic nitrogens is 1. The molecule has 1 aromatic carbocycles. The number of para-hydroxylation sites is 1. The maximum atomic E-state index is 12.5. The van der Waals surface area contributed by atoms with Crippen molar-refractivity contribution in [2.24, 2.45) is 11.1 Å². The van der Waals surface area contributed by atoms with E-state index >= 15 is 0 Å². The minimum atomic E-state index is -0.148. The van der Waals surface area contributed by atoms with Gasteiger partial charge in [-0.1, -0.05) is 32.0 Å². The standard InChI is InChI=1S/C18H23N3O2/c1-18(2,12-19)13-21(3)17(22)16-11-15(9-10-20-16)23-14-7-5-4-6-8-14/h4-11H,12-13,19H2,1-3H3. The van der Waals surface area contributed by atoms with Gasteiger partial charge in [0.15, 0.2) is 0 Å². The number of amides is 1. The largest absolute Gasteiger partial charge is 0.457 e. The number of benzene rings is 1. The van der Waals surface area contributed by atoms with Gasteiger partial charge < -0.3 is 15.4 Å². The van der Waals surface area contributed by atoms with Crippen molar-refractivity contribution >= 4 is 5.91 Å². The summed E-state index contributed by atoms with van der Waals surface area (Å²) in [6, 6.07) is 12.8. The van der Waals surface area contributed by atoms with Crippen molar-refractivity contribution in [3.63, 3.8) is 0 Å². The van der Waals surface area contributed by atoms with Crippen molar-refractivity contribution in [1.82, 2.24) is 9.88 Å². The summed E-state index contributed by atoms with van der Waals surface area (Å²) in [5.41, 5.74) is 5.95. The number of rotatable bonds is 6. The van der Waals surface area contributed by atoms with Crippen LogP contribution in [0.5, 0.6) is 11.5 Å². The smallest absolute Gasteiger partial charge is 0.272 e. The monoisotopic (exact) mass is 313 g/mol. The first-order valence-electron chi connectivity index (χ1n) is 7.56. The molecule has 0 spiro atoms. The Balaban J connectivity index is 2.11. The Kier molecular flexibility index (Phi) is 5.34. The highest BCUT2D eigenvalue weighted by molar-refractivity contribution is 5.92. The third kappa shape index (κ3) is 4.79. The molecular weight excluding hydrogens is 290 g/mol. The molecule has 0 bridgehead atoms. The first-order chi connectivity index (χ1) is 10.9. The molecule has 0 fully saturated rings. The lowest BCUT2D eigenvalue weighted by Gasteiger charge is -2.28. The van der Waals surface area contributed by atoms with E-state index in [1.165, 1.54) is 0 Å². The predicted octanol–water partition coefficient (Wildman–Crippen LogP) is 2.93. The van der Waals surface area contributed by atoms with Gasteiger partial charge in [0.05, 0.1) is 0 Å². The van der Waals surface area contributed by atoms with Crippen LogP contribution in [0.25, 0.3) is 0 Å². The molecule has 0 aliphatic carbocycles. The van der Waals surface area contributed by atoms with Gasteiger partial charge in [-0.15, -0.1) is 0 Å². The van der Waals surface area contributed by atoms with Crippen molar-refractivity contribution in [1.29, 1.82) is 0 Å². The highest BCUT2D eigenvalue weighted by Crippen LogP contribution is 2.22. The van der Waals surface area contributed by atoms with Gasteiger partial charge in [-0.05, 0) is 30.2 Å². The van der Waals surface area contributed by atoms with E-state index in [1.54, 1.807) is 30.3 Å². The molecule has 0 aliphatic heterocycles. The van der Waals surface area contributed by atoms with E-state index < -0.39 is 0 Å². The minimum Gasteiger partial charge on any atom is -0.457 e. The Labute approximate surface area is 137 Å². The van der Waals surface area contributed by atoms with Crippen LogP contribution in [0.3, 0.4) is 0 Å².